The number of fused-ring (bicyclic) bond motifs is 1. The molecule has 0 aromatic heterocycles. The molecule has 0 bridgehead atoms. The van der Waals surface area contributed by atoms with Gasteiger partial charge in [0.2, 0.25) is 15.9 Å². The summed E-state index contributed by atoms with van der Waals surface area (Å²) >= 11 is 0. The topological polar surface area (TPSA) is 66.5 Å². The summed E-state index contributed by atoms with van der Waals surface area (Å²) in [7, 11) is -3.90. The van der Waals surface area contributed by atoms with Crippen LogP contribution in [0.5, 0.6) is 0 Å². The summed E-state index contributed by atoms with van der Waals surface area (Å²) < 4.78 is 53.3. The molecule has 1 aromatic carbocycles. The molecule has 1 aromatic rings. The van der Waals surface area contributed by atoms with Gasteiger partial charge in [0.25, 0.3) is 0 Å². The largest absolute Gasteiger partial charge is 0.353 e. The van der Waals surface area contributed by atoms with E-state index in [0.29, 0.717) is 18.9 Å². The summed E-state index contributed by atoms with van der Waals surface area (Å²) in [6.45, 7) is 0.406. The highest BCUT2D eigenvalue weighted by atomic mass is 32.2. The van der Waals surface area contributed by atoms with Crippen molar-refractivity contribution in [3.8, 4) is 0 Å². The van der Waals surface area contributed by atoms with Crippen LogP contribution in [0.4, 0.5) is 8.78 Å². The zero-order chi connectivity index (χ0) is 21.3. The van der Waals surface area contributed by atoms with E-state index in [1.807, 2.05) is 0 Å². The van der Waals surface area contributed by atoms with Gasteiger partial charge >= 0.3 is 0 Å². The Hall–Kier alpha value is -1.54. The van der Waals surface area contributed by atoms with Gasteiger partial charge < -0.3 is 5.32 Å². The van der Waals surface area contributed by atoms with Crippen molar-refractivity contribution in [1.29, 1.82) is 0 Å². The van der Waals surface area contributed by atoms with Gasteiger partial charge in [0, 0.05) is 25.0 Å². The Bertz CT molecular complexity index is 884. The molecule has 0 spiro atoms. The van der Waals surface area contributed by atoms with E-state index in [2.05, 4.69) is 5.32 Å². The summed E-state index contributed by atoms with van der Waals surface area (Å²) in [6.07, 6.45) is 9.42. The van der Waals surface area contributed by atoms with Crippen molar-refractivity contribution < 1.29 is 22.0 Å². The van der Waals surface area contributed by atoms with Gasteiger partial charge in [-0.3, -0.25) is 4.79 Å². The summed E-state index contributed by atoms with van der Waals surface area (Å²) in [6, 6.07) is 2.85. The fourth-order valence-corrected chi connectivity index (χ4v) is 6.95. The molecule has 30 heavy (non-hydrogen) atoms. The summed E-state index contributed by atoms with van der Waals surface area (Å²) in [5.74, 6) is -0.869. The van der Waals surface area contributed by atoms with Gasteiger partial charge in [0.1, 0.15) is 0 Å². The number of halogens is 2. The molecule has 5 nitrogen and oxygen atoms in total. The van der Waals surface area contributed by atoms with Gasteiger partial charge in [-0.05, 0) is 62.1 Å². The molecule has 1 N–H and O–H groups in total. The Morgan fingerprint density at radius 3 is 2.33 bits per heavy atom. The lowest BCUT2D eigenvalue weighted by atomic mass is 9.69. The molecule has 1 aliphatic heterocycles. The van der Waals surface area contributed by atoms with Crippen molar-refractivity contribution >= 4 is 15.9 Å². The van der Waals surface area contributed by atoms with Crippen LogP contribution in [0.3, 0.4) is 0 Å². The molecule has 3 aliphatic rings. The van der Waals surface area contributed by atoms with E-state index in [9.17, 15) is 22.0 Å². The summed E-state index contributed by atoms with van der Waals surface area (Å²) in [5, 5.41) is 3.22. The first-order valence-corrected chi connectivity index (χ1v) is 12.5. The maximum absolute atomic E-state index is 13.5. The van der Waals surface area contributed by atoms with Crippen LogP contribution in [0.25, 0.3) is 0 Å². The van der Waals surface area contributed by atoms with Crippen molar-refractivity contribution in [2.75, 3.05) is 13.1 Å². The molecule has 3 atom stereocenters. The maximum atomic E-state index is 13.5. The monoisotopic (exact) mass is 440 g/mol. The number of hydrogen-bond donors (Lipinski definition) is 1. The van der Waals surface area contributed by atoms with Gasteiger partial charge in [-0.25, -0.2) is 17.2 Å². The predicted octanol–water partition coefficient (Wildman–Crippen LogP) is 3.84. The van der Waals surface area contributed by atoms with Gasteiger partial charge in [0.05, 0.1) is 4.90 Å². The second kappa shape index (κ2) is 8.91. The zero-order valence-electron chi connectivity index (χ0n) is 17.2. The van der Waals surface area contributed by atoms with E-state index in [4.69, 9.17) is 0 Å². The number of rotatable bonds is 4. The van der Waals surface area contributed by atoms with Crippen molar-refractivity contribution in [2.24, 2.45) is 17.8 Å². The van der Waals surface area contributed by atoms with Gasteiger partial charge in [0.15, 0.2) is 11.6 Å². The van der Waals surface area contributed by atoms with Crippen LogP contribution >= 0.6 is 0 Å². The lowest BCUT2D eigenvalue weighted by molar-refractivity contribution is -0.127. The van der Waals surface area contributed by atoms with Crippen LogP contribution in [-0.4, -0.2) is 37.8 Å². The number of sulfonamides is 1. The Morgan fingerprint density at radius 1 is 0.933 bits per heavy atom. The van der Waals surface area contributed by atoms with Gasteiger partial charge in [-0.15, -0.1) is 0 Å². The first kappa shape index (κ1) is 21.7. The lowest BCUT2D eigenvalue weighted by Gasteiger charge is -2.40. The number of hydrogen-bond acceptors (Lipinski definition) is 3. The quantitative estimate of drug-likeness (QED) is 0.774. The third kappa shape index (κ3) is 4.54. The number of piperidine rings is 1. The second-order valence-electron chi connectivity index (χ2n) is 9.08. The van der Waals surface area contributed by atoms with Crippen LogP contribution in [-0.2, 0) is 14.8 Å². The number of nitrogens with zero attached hydrogens (tertiary/aromatic N) is 1. The second-order valence-corrected chi connectivity index (χ2v) is 11.0. The molecule has 4 rings (SSSR count). The van der Waals surface area contributed by atoms with Crippen LogP contribution in [0.1, 0.15) is 57.8 Å². The van der Waals surface area contributed by atoms with Crippen LogP contribution in [0.15, 0.2) is 23.1 Å². The Labute approximate surface area is 177 Å². The molecule has 166 valence electrons. The summed E-state index contributed by atoms with van der Waals surface area (Å²) in [4.78, 5) is 12.5. The number of benzene rings is 1. The van der Waals surface area contributed by atoms with E-state index < -0.39 is 21.7 Å². The minimum Gasteiger partial charge on any atom is -0.353 e. The highest BCUT2D eigenvalue weighted by Gasteiger charge is 2.36. The first-order chi connectivity index (χ1) is 14.3. The third-order valence-electron chi connectivity index (χ3n) is 7.24. The Morgan fingerprint density at radius 2 is 1.63 bits per heavy atom. The molecular weight excluding hydrogens is 410 g/mol. The normalized spacial score (nSPS) is 28.7. The highest BCUT2D eigenvalue weighted by Crippen LogP contribution is 2.40. The lowest BCUT2D eigenvalue weighted by Crippen LogP contribution is -2.47. The van der Waals surface area contributed by atoms with Crippen molar-refractivity contribution in [1.82, 2.24) is 9.62 Å². The van der Waals surface area contributed by atoms with Crippen molar-refractivity contribution in [2.45, 2.75) is 68.7 Å². The van der Waals surface area contributed by atoms with Crippen molar-refractivity contribution in [3.63, 3.8) is 0 Å². The third-order valence-corrected chi connectivity index (χ3v) is 9.13. The number of amides is 1. The number of carbonyl (C=O) groups is 1. The van der Waals surface area contributed by atoms with E-state index in [0.717, 1.165) is 36.8 Å². The Balaban J connectivity index is 1.30. The number of nitrogens with one attached hydrogen (secondary N) is 1. The fourth-order valence-electron chi connectivity index (χ4n) is 5.47. The minimum absolute atomic E-state index is 0.0270. The van der Waals surface area contributed by atoms with E-state index in [-0.39, 0.29) is 35.9 Å². The average molecular weight is 441 g/mol. The van der Waals surface area contributed by atoms with Crippen LogP contribution in [0.2, 0.25) is 0 Å². The molecule has 2 saturated carbocycles. The highest BCUT2D eigenvalue weighted by molar-refractivity contribution is 7.89. The van der Waals surface area contributed by atoms with E-state index in [1.165, 1.54) is 36.4 Å². The summed E-state index contributed by atoms with van der Waals surface area (Å²) in [5.41, 5.74) is 0. The molecule has 0 unspecified atom stereocenters. The number of carbonyl (C=O) groups excluding carboxylic acids is 1. The molecule has 0 radical (unpaired) electrons. The SMILES string of the molecule is O=C(N[C@@H]1CC[C@H]2CCCC[C@@H]2C1)C1CCN(S(=O)(=O)c2ccc(F)c(F)c2)CC1. The van der Waals surface area contributed by atoms with Gasteiger partial charge in [-0.2, -0.15) is 4.31 Å². The zero-order valence-corrected chi connectivity index (χ0v) is 18.0. The standard InChI is InChI=1S/C22H30F2N2O3S/c23-20-8-7-19(14-21(20)24)30(28,29)26-11-9-16(10-12-26)22(27)25-18-6-5-15-3-1-2-4-17(15)13-18/h7-8,14-18H,1-6,9-13H2,(H,25,27)/t15-,17-,18-/m1/s1. The predicted molar refractivity (Wildman–Crippen MR) is 109 cm³/mol. The molecular formula is C22H30F2N2O3S. The van der Waals surface area contributed by atoms with Gasteiger partial charge in [-0.1, -0.05) is 25.7 Å². The van der Waals surface area contributed by atoms with Crippen molar-refractivity contribution in [3.05, 3.63) is 29.8 Å². The van der Waals surface area contributed by atoms with Crippen LogP contribution < -0.4 is 5.32 Å². The minimum atomic E-state index is -3.90. The molecule has 3 fully saturated rings. The maximum Gasteiger partial charge on any atom is 0.243 e. The molecule has 1 saturated heterocycles. The molecule has 2 aliphatic carbocycles. The molecule has 1 heterocycles. The first-order valence-electron chi connectivity index (χ1n) is 11.1. The fraction of sp³-hybridized carbons (Fsp3) is 0.682. The molecule has 8 heteroatoms. The smallest absolute Gasteiger partial charge is 0.243 e. The Kier molecular flexibility index (Phi) is 6.44. The van der Waals surface area contributed by atoms with Crippen LogP contribution in [0, 0.1) is 29.4 Å². The van der Waals surface area contributed by atoms with E-state index in [1.54, 1.807) is 0 Å². The van der Waals surface area contributed by atoms with E-state index >= 15 is 0 Å². The molecule has 1 amide bonds. The average Bonchev–Trinajstić information content (AvgIpc) is 2.75.